The van der Waals surface area contributed by atoms with Gasteiger partial charge in [0.2, 0.25) is 0 Å². The van der Waals surface area contributed by atoms with Crippen LogP contribution in [-0.2, 0) is 22.7 Å². The number of hydrogen-bond donors (Lipinski definition) is 0. The Balaban J connectivity index is 0.965. The zero-order chi connectivity index (χ0) is 35.0. The number of alkyl halides is 4. The molecule has 2 aromatic carbocycles. The van der Waals surface area contributed by atoms with Crippen molar-refractivity contribution < 1.29 is 46.3 Å². The van der Waals surface area contributed by atoms with Gasteiger partial charge in [0.05, 0.1) is 49.3 Å². The number of ether oxygens (including phenoxy) is 2. The lowest BCUT2D eigenvalue weighted by molar-refractivity contribution is -0.142. The molecule has 0 N–H and O–H groups in total. The first-order valence-corrected chi connectivity index (χ1v) is 14.5. The number of aromatic nitrogens is 8. The van der Waals surface area contributed by atoms with Gasteiger partial charge in [-0.15, -0.1) is 10.2 Å². The van der Waals surface area contributed by atoms with Crippen molar-refractivity contribution in [3.63, 3.8) is 0 Å². The Morgan fingerprint density at radius 1 is 0.640 bits per heavy atom. The minimum Gasteiger partial charge on any atom is -0.435 e. The average molecular weight is 693 g/mol. The van der Waals surface area contributed by atoms with Gasteiger partial charge in [-0.05, 0) is 47.5 Å². The first kappa shape index (κ1) is 33.2. The molecule has 50 heavy (non-hydrogen) atoms. The third-order valence-electron chi connectivity index (χ3n) is 6.66. The van der Waals surface area contributed by atoms with E-state index in [1.165, 1.54) is 36.7 Å². The molecule has 4 aromatic heterocycles. The highest BCUT2D eigenvalue weighted by atomic mass is 19.3. The van der Waals surface area contributed by atoms with Crippen molar-refractivity contribution in [2.24, 2.45) is 0 Å². The van der Waals surface area contributed by atoms with Crippen LogP contribution >= 0.6 is 0 Å². The Labute approximate surface area is 279 Å². The molecule has 0 amide bonds. The summed E-state index contributed by atoms with van der Waals surface area (Å²) in [5.41, 5.74) is 3.56. The summed E-state index contributed by atoms with van der Waals surface area (Å²) in [6, 6.07) is 15.6. The Morgan fingerprint density at radius 2 is 1.08 bits per heavy atom. The Kier molecular flexibility index (Phi) is 9.96. The van der Waals surface area contributed by atoms with E-state index in [4.69, 9.17) is 9.68 Å². The van der Waals surface area contributed by atoms with Gasteiger partial charge < -0.3 is 19.1 Å². The maximum Gasteiger partial charge on any atom is 0.387 e. The highest BCUT2D eigenvalue weighted by Crippen LogP contribution is 2.26. The fraction of sp³-hybridized carbons (Fsp3) is 0.125. The smallest absolute Gasteiger partial charge is 0.387 e. The number of carbonyl (C=O) groups excluding carboxylic acids is 2. The number of halogens is 4. The molecule has 6 aromatic rings. The minimum atomic E-state index is -2.94. The van der Waals surface area contributed by atoms with Crippen LogP contribution in [0.4, 0.5) is 17.6 Å². The maximum atomic E-state index is 12.5. The zero-order valence-corrected chi connectivity index (χ0v) is 25.5. The second-order valence-corrected chi connectivity index (χ2v) is 10.2. The molecule has 0 spiro atoms. The summed E-state index contributed by atoms with van der Waals surface area (Å²) in [7, 11) is 0. The summed E-state index contributed by atoms with van der Waals surface area (Å²) in [5.74, 6) is -1.78. The molecule has 0 saturated carbocycles. The van der Waals surface area contributed by atoms with Gasteiger partial charge in [0, 0.05) is 35.7 Å². The quantitative estimate of drug-likeness (QED) is 0.120. The molecule has 0 bridgehead atoms. The van der Waals surface area contributed by atoms with E-state index < -0.39 is 25.2 Å². The molecule has 0 fully saturated rings. The van der Waals surface area contributed by atoms with Crippen molar-refractivity contribution in [3.8, 4) is 33.8 Å². The topological polar surface area (TPSA) is 142 Å². The average Bonchev–Trinajstić information content (AvgIpc) is 3.90. The van der Waals surface area contributed by atoms with Gasteiger partial charge >= 0.3 is 25.2 Å². The second-order valence-electron chi connectivity index (χ2n) is 10.2. The zero-order valence-electron chi connectivity index (χ0n) is 25.5. The summed E-state index contributed by atoms with van der Waals surface area (Å²) < 4.78 is 62.2. The molecule has 0 atom stereocenters. The van der Waals surface area contributed by atoms with E-state index in [0.717, 1.165) is 21.8 Å². The lowest BCUT2D eigenvalue weighted by Crippen LogP contribution is -2.21. The molecule has 0 aliphatic carbocycles. The Morgan fingerprint density at radius 3 is 1.50 bits per heavy atom. The van der Waals surface area contributed by atoms with E-state index in [9.17, 15) is 27.2 Å². The van der Waals surface area contributed by atoms with Crippen molar-refractivity contribution in [2.45, 2.75) is 26.3 Å². The molecule has 0 aliphatic rings. The largest absolute Gasteiger partial charge is 0.435 e. The highest BCUT2D eigenvalue weighted by molar-refractivity contribution is 5.91. The summed E-state index contributed by atoms with van der Waals surface area (Å²) in [4.78, 5) is 36.5. The van der Waals surface area contributed by atoms with Crippen molar-refractivity contribution in [1.29, 1.82) is 0 Å². The standard InChI is InChI=1S/C32H24F4N8O6/c33-31(34)47-27-5-1-3-21(13-27)23-15-37-41(17-23)19-25-9-11-43(39-25)49-29(45)7-8-30(46)50-44-12-10-26(40-44)20-42-18-24(16-38-42)22-4-2-6-28(14-22)48-32(35)36/h1-18,31-32H,19-20H2/b8-7-. The van der Waals surface area contributed by atoms with E-state index in [0.29, 0.717) is 33.6 Å². The summed E-state index contributed by atoms with van der Waals surface area (Å²) in [6.07, 6.45) is 11.0. The molecular weight excluding hydrogens is 668 g/mol. The number of carbonyl (C=O) groups is 2. The molecule has 0 radical (unpaired) electrons. The van der Waals surface area contributed by atoms with Crippen LogP contribution in [0.2, 0.25) is 0 Å². The predicted octanol–water partition coefficient (Wildman–Crippen LogP) is 4.27. The Hall–Kier alpha value is -6.72. The van der Waals surface area contributed by atoms with Crippen LogP contribution in [0.1, 0.15) is 11.4 Å². The van der Waals surface area contributed by atoms with Gasteiger partial charge in [-0.1, -0.05) is 34.0 Å². The van der Waals surface area contributed by atoms with Crippen LogP contribution in [0.3, 0.4) is 0 Å². The maximum absolute atomic E-state index is 12.5. The van der Waals surface area contributed by atoms with Gasteiger partial charge in [-0.25, -0.2) is 9.59 Å². The number of nitrogens with zero attached hydrogens (tertiary/aromatic N) is 8. The predicted molar refractivity (Wildman–Crippen MR) is 164 cm³/mol. The van der Waals surface area contributed by atoms with E-state index in [2.05, 4.69) is 29.9 Å². The summed E-state index contributed by atoms with van der Waals surface area (Å²) >= 11 is 0. The van der Waals surface area contributed by atoms with Gasteiger partial charge in [-0.2, -0.15) is 27.8 Å². The monoisotopic (exact) mass is 692 g/mol. The minimum absolute atomic E-state index is 0.0232. The summed E-state index contributed by atoms with van der Waals surface area (Å²) in [6.45, 7) is -5.46. The third kappa shape index (κ3) is 9.00. The number of rotatable bonds is 14. The van der Waals surface area contributed by atoms with Gasteiger partial charge in [0.15, 0.2) is 0 Å². The SMILES string of the molecule is O=C(/C=C\C(=O)On1ccc(Cn2cc(-c3cccc(OC(F)F)c3)cn2)n1)On1ccc(Cn2cc(-c3cccc(OC(F)F)c3)cn2)n1. The van der Waals surface area contributed by atoms with Crippen LogP contribution < -0.4 is 19.1 Å². The van der Waals surface area contributed by atoms with Crippen LogP contribution in [0.15, 0.2) is 110 Å². The Bertz CT molecular complexity index is 1970. The van der Waals surface area contributed by atoms with Gasteiger partial charge in [0.25, 0.3) is 0 Å². The first-order chi connectivity index (χ1) is 24.1. The molecule has 4 heterocycles. The highest BCUT2D eigenvalue weighted by Gasteiger charge is 2.12. The van der Waals surface area contributed by atoms with Gasteiger partial charge in [0.1, 0.15) is 11.5 Å². The lowest BCUT2D eigenvalue weighted by Gasteiger charge is -2.05. The van der Waals surface area contributed by atoms with Crippen molar-refractivity contribution in [3.05, 3.63) is 121 Å². The molecule has 14 nitrogen and oxygen atoms in total. The fourth-order valence-corrected chi connectivity index (χ4v) is 4.57. The molecule has 18 heteroatoms. The molecule has 0 aliphatic heterocycles. The molecule has 256 valence electrons. The lowest BCUT2D eigenvalue weighted by atomic mass is 10.1. The first-order valence-electron chi connectivity index (χ1n) is 14.5. The van der Waals surface area contributed by atoms with Crippen LogP contribution in [0.5, 0.6) is 11.5 Å². The number of benzene rings is 2. The van der Waals surface area contributed by atoms with E-state index in [-0.39, 0.29) is 24.6 Å². The van der Waals surface area contributed by atoms with E-state index in [1.807, 2.05) is 0 Å². The molecule has 6 rings (SSSR count). The molecule has 0 saturated heterocycles. The van der Waals surface area contributed by atoms with Crippen LogP contribution in [0.25, 0.3) is 22.3 Å². The van der Waals surface area contributed by atoms with E-state index >= 15 is 0 Å². The van der Waals surface area contributed by atoms with Gasteiger partial charge in [-0.3, -0.25) is 9.36 Å². The van der Waals surface area contributed by atoms with E-state index in [1.54, 1.807) is 70.5 Å². The third-order valence-corrected chi connectivity index (χ3v) is 6.66. The van der Waals surface area contributed by atoms with Crippen molar-refractivity contribution in [1.82, 2.24) is 39.4 Å². The van der Waals surface area contributed by atoms with Crippen molar-refractivity contribution in [2.75, 3.05) is 0 Å². The summed E-state index contributed by atoms with van der Waals surface area (Å²) in [5, 5.41) is 16.8. The van der Waals surface area contributed by atoms with Crippen molar-refractivity contribution >= 4 is 11.9 Å². The molecule has 0 unspecified atom stereocenters. The number of hydrogen-bond acceptors (Lipinski definition) is 10. The molecular formula is C32H24F4N8O6. The second kappa shape index (κ2) is 15.0. The van der Waals surface area contributed by atoms with Crippen LogP contribution in [-0.4, -0.2) is 64.6 Å². The van der Waals surface area contributed by atoms with Crippen LogP contribution in [0, 0.1) is 0 Å². The fourth-order valence-electron chi connectivity index (χ4n) is 4.57. The normalized spacial score (nSPS) is 11.4.